The van der Waals surface area contributed by atoms with Crippen LogP contribution in [0.2, 0.25) is 0 Å². The zero-order chi connectivity index (χ0) is 29.9. The number of aliphatic hydroxyl groups is 3. The zero-order valence-electron chi connectivity index (χ0n) is 21.5. The summed E-state index contributed by atoms with van der Waals surface area (Å²) in [5.74, 6) is -9.31. The van der Waals surface area contributed by atoms with E-state index in [9.17, 15) is 33.3 Å². The Morgan fingerprint density at radius 2 is 1.86 bits per heavy atom. The molecule has 6 rings (SSSR count). The first-order valence-corrected chi connectivity index (χ1v) is 12.8. The van der Waals surface area contributed by atoms with Crippen LogP contribution in [0, 0.1) is 23.3 Å². The second-order valence-electron chi connectivity index (χ2n) is 10.1. The molecule has 6 atom stereocenters. The van der Waals surface area contributed by atoms with Gasteiger partial charge in [-0.15, -0.1) is 5.10 Å². The van der Waals surface area contributed by atoms with Gasteiger partial charge in [0.1, 0.15) is 35.9 Å². The lowest BCUT2D eigenvalue weighted by molar-refractivity contribution is -0.345. The van der Waals surface area contributed by atoms with Gasteiger partial charge in [0.05, 0.1) is 36.5 Å². The molecule has 0 saturated carbocycles. The van der Waals surface area contributed by atoms with Crippen molar-refractivity contribution in [1.82, 2.24) is 20.0 Å². The van der Waals surface area contributed by atoms with E-state index in [1.807, 2.05) is 0 Å². The molecule has 1 amide bonds. The summed E-state index contributed by atoms with van der Waals surface area (Å²) in [6.07, 6.45) is -3.48. The summed E-state index contributed by atoms with van der Waals surface area (Å²) >= 11 is 0. The van der Waals surface area contributed by atoms with E-state index < -0.39 is 71.8 Å². The van der Waals surface area contributed by atoms with E-state index >= 15 is 4.39 Å². The monoisotopic (exact) mass is 589 g/mol. The first-order chi connectivity index (χ1) is 20.1. The SMILES string of the molecule is NC(=O)c1cccc2nc([C@H]3CCO[C@]34O[C@H](CO)[C@H](O)[C@H](n3cc(-c5cc(F)c(F)c(F)c5)nn3)[C@H]4O)c(F)cc12. The van der Waals surface area contributed by atoms with Crippen molar-refractivity contribution in [2.45, 2.75) is 42.5 Å². The Labute approximate surface area is 234 Å². The number of carbonyl (C=O) groups excluding carboxylic acids is 1. The number of rotatable bonds is 5. The Kier molecular flexibility index (Phi) is 6.93. The van der Waals surface area contributed by atoms with Gasteiger partial charge in [-0.25, -0.2) is 27.2 Å². The van der Waals surface area contributed by atoms with E-state index in [1.165, 1.54) is 12.1 Å². The molecule has 0 aliphatic carbocycles. The Bertz CT molecular complexity index is 1680. The van der Waals surface area contributed by atoms with Crippen LogP contribution >= 0.6 is 0 Å². The first-order valence-electron chi connectivity index (χ1n) is 12.8. The highest BCUT2D eigenvalue weighted by Crippen LogP contribution is 2.50. The molecule has 2 aromatic carbocycles. The number of hydrogen-bond acceptors (Lipinski definition) is 9. The smallest absolute Gasteiger partial charge is 0.249 e. The Hall–Kier alpha value is -4.02. The summed E-state index contributed by atoms with van der Waals surface area (Å²) in [7, 11) is 0. The summed E-state index contributed by atoms with van der Waals surface area (Å²) in [5.41, 5.74) is 5.26. The average molecular weight is 590 g/mol. The number of benzene rings is 2. The van der Waals surface area contributed by atoms with Crippen LogP contribution in [0.3, 0.4) is 0 Å². The van der Waals surface area contributed by atoms with Crippen molar-refractivity contribution >= 4 is 16.8 Å². The summed E-state index contributed by atoms with van der Waals surface area (Å²) in [4.78, 5) is 16.3. The molecule has 15 heteroatoms. The van der Waals surface area contributed by atoms with Crippen LogP contribution in [0.15, 0.2) is 42.6 Å². The number of primary amides is 1. The topological polar surface area (TPSA) is 166 Å². The number of fused-ring (bicyclic) bond motifs is 1. The molecule has 0 bridgehead atoms. The minimum atomic E-state index is -2.04. The maximum Gasteiger partial charge on any atom is 0.249 e. The maximum atomic E-state index is 15.6. The molecule has 2 aliphatic rings. The van der Waals surface area contributed by atoms with Crippen molar-refractivity contribution in [2.24, 2.45) is 5.73 Å². The number of nitrogens with zero attached hydrogens (tertiary/aromatic N) is 4. The van der Waals surface area contributed by atoms with Crippen molar-refractivity contribution in [2.75, 3.05) is 13.2 Å². The second kappa shape index (κ2) is 10.4. The Morgan fingerprint density at radius 1 is 1.12 bits per heavy atom. The van der Waals surface area contributed by atoms with Crippen molar-refractivity contribution in [3.8, 4) is 11.3 Å². The van der Waals surface area contributed by atoms with Gasteiger partial charge in [-0.2, -0.15) is 0 Å². The molecule has 1 spiro atoms. The molecule has 2 aromatic heterocycles. The van der Waals surface area contributed by atoms with E-state index in [4.69, 9.17) is 15.2 Å². The molecule has 0 unspecified atom stereocenters. The van der Waals surface area contributed by atoms with Crippen molar-refractivity contribution in [1.29, 1.82) is 0 Å². The number of carbonyl (C=O) groups is 1. The number of aromatic nitrogens is 4. The van der Waals surface area contributed by atoms with Crippen LogP contribution in [0.25, 0.3) is 22.2 Å². The van der Waals surface area contributed by atoms with Crippen LogP contribution in [0.4, 0.5) is 17.6 Å². The lowest BCUT2D eigenvalue weighted by Gasteiger charge is -2.49. The van der Waals surface area contributed by atoms with Crippen LogP contribution in [-0.4, -0.2) is 78.5 Å². The molecule has 220 valence electrons. The van der Waals surface area contributed by atoms with Gasteiger partial charge in [-0.05, 0) is 36.8 Å². The van der Waals surface area contributed by atoms with E-state index in [-0.39, 0.29) is 46.4 Å². The van der Waals surface area contributed by atoms with Gasteiger partial charge in [-0.3, -0.25) is 4.79 Å². The fraction of sp³-hybridized carbons (Fsp3) is 0.333. The molecule has 42 heavy (non-hydrogen) atoms. The highest BCUT2D eigenvalue weighted by Gasteiger charge is 2.62. The first kappa shape index (κ1) is 28.1. The van der Waals surface area contributed by atoms with Crippen LogP contribution in [0.5, 0.6) is 0 Å². The van der Waals surface area contributed by atoms with Gasteiger partial charge in [0.15, 0.2) is 17.5 Å². The van der Waals surface area contributed by atoms with E-state index in [0.717, 1.165) is 16.9 Å². The highest BCUT2D eigenvalue weighted by molar-refractivity contribution is 6.05. The number of ether oxygens (including phenoxy) is 2. The number of hydrogen-bond donors (Lipinski definition) is 4. The number of amides is 1. The highest BCUT2D eigenvalue weighted by atomic mass is 19.2. The third-order valence-corrected chi connectivity index (χ3v) is 7.73. The zero-order valence-corrected chi connectivity index (χ0v) is 21.5. The standard InChI is InChI=1S/C27H23F4N5O6/c28-15-6-11(7-16(29)21(15)31)19-9-36(35-34-19)23-24(38)20(10-37)42-27(25(23)39)14(4-5-41-27)22-17(30)8-13-12(26(32)40)2-1-3-18(13)33-22/h1-3,6-9,14,20,23-25,37-39H,4-5,10H2,(H2,32,40)/t14-,20-,23+,24+,25-,27+/m1/s1. The van der Waals surface area contributed by atoms with Gasteiger partial charge >= 0.3 is 0 Å². The molecule has 2 fully saturated rings. The van der Waals surface area contributed by atoms with Crippen LogP contribution in [0.1, 0.15) is 34.4 Å². The Balaban J connectivity index is 1.42. The molecular formula is C27H23F4N5O6. The lowest BCUT2D eigenvalue weighted by Crippen LogP contribution is -2.64. The molecule has 0 radical (unpaired) electrons. The minimum Gasteiger partial charge on any atom is -0.394 e. The second-order valence-corrected chi connectivity index (χ2v) is 10.1. The van der Waals surface area contributed by atoms with Gasteiger partial charge < -0.3 is 30.5 Å². The van der Waals surface area contributed by atoms with Gasteiger partial charge in [0, 0.05) is 16.5 Å². The molecular weight excluding hydrogens is 566 g/mol. The predicted molar refractivity (Wildman–Crippen MR) is 135 cm³/mol. The average Bonchev–Trinajstić information content (AvgIpc) is 3.61. The summed E-state index contributed by atoms with van der Waals surface area (Å²) < 4.78 is 69.6. The van der Waals surface area contributed by atoms with Gasteiger partial charge in [-0.1, -0.05) is 11.3 Å². The normalized spacial score (nSPS) is 27.6. The maximum absolute atomic E-state index is 15.6. The van der Waals surface area contributed by atoms with Crippen molar-refractivity contribution in [3.05, 3.63) is 77.1 Å². The molecule has 2 aliphatic heterocycles. The summed E-state index contributed by atoms with van der Waals surface area (Å²) in [6, 6.07) is 5.59. The van der Waals surface area contributed by atoms with Crippen LogP contribution in [-0.2, 0) is 9.47 Å². The van der Waals surface area contributed by atoms with Crippen LogP contribution < -0.4 is 5.73 Å². The minimum absolute atomic E-state index is 0.0279. The van der Waals surface area contributed by atoms with E-state index in [0.29, 0.717) is 12.1 Å². The quantitative estimate of drug-likeness (QED) is 0.200. The summed E-state index contributed by atoms with van der Waals surface area (Å²) in [6.45, 7) is -0.770. The molecule has 2 saturated heterocycles. The van der Waals surface area contributed by atoms with Gasteiger partial charge in [0.2, 0.25) is 11.7 Å². The largest absolute Gasteiger partial charge is 0.394 e. The molecule has 11 nitrogen and oxygen atoms in total. The third-order valence-electron chi connectivity index (χ3n) is 7.73. The fourth-order valence-electron chi connectivity index (χ4n) is 5.74. The van der Waals surface area contributed by atoms with Gasteiger partial charge in [0.25, 0.3) is 0 Å². The number of pyridine rings is 1. The Morgan fingerprint density at radius 3 is 2.55 bits per heavy atom. The summed E-state index contributed by atoms with van der Waals surface area (Å²) in [5, 5.41) is 40.6. The molecule has 5 N–H and O–H groups in total. The van der Waals surface area contributed by atoms with Crippen molar-refractivity contribution in [3.63, 3.8) is 0 Å². The lowest BCUT2D eigenvalue weighted by atomic mass is 9.81. The van der Waals surface area contributed by atoms with Crippen molar-refractivity contribution < 1.29 is 47.1 Å². The number of halogens is 4. The fourth-order valence-corrected chi connectivity index (χ4v) is 5.74. The molecule has 4 aromatic rings. The molecule has 4 heterocycles. The van der Waals surface area contributed by atoms with E-state index in [1.54, 1.807) is 6.07 Å². The van der Waals surface area contributed by atoms with E-state index in [2.05, 4.69) is 15.3 Å². The predicted octanol–water partition coefficient (Wildman–Crippen LogP) is 1.70. The number of aliphatic hydroxyl groups excluding tert-OH is 3. The number of nitrogens with two attached hydrogens (primary N) is 1. The third kappa shape index (κ3) is 4.32.